The summed E-state index contributed by atoms with van der Waals surface area (Å²) in [5.41, 5.74) is 0.824. The van der Waals surface area contributed by atoms with Crippen LogP contribution in [0.25, 0.3) is 0 Å². The SMILES string of the molecule is Cc1ccc(OCC(=O)N(C)CCC#N)c(C(=O)O)c1. The molecular formula is C14H16N2O4. The Morgan fingerprint density at radius 1 is 1.45 bits per heavy atom. The van der Waals surface area contributed by atoms with Crippen molar-refractivity contribution in [1.29, 1.82) is 5.26 Å². The zero-order valence-corrected chi connectivity index (χ0v) is 11.4. The molecule has 0 unspecified atom stereocenters. The van der Waals surface area contributed by atoms with E-state index in [2.05, 4.69) is 0 Å². The van der Waals surface area contributed by atoms with Crippen molar-refractivity contribution >= 4 is 11.9 Å². The smallest absolute Gasteiger partial charge is 0.339 e. The normalized spacial score (nSPS) is 9.65. The highest BCUT2D eigenvalue weighted by Gasteiger charge is 2.14. The summed E-state index contributed by atoms with van der Waals surface area (Å²) in [6, 6.07) is 6.68. The molecule has 20 heavy (non-hydrogen) atoms. The minimum atomic E-state index is -1.10. The molecule has 0 aromatic heterocycles. The van der Waals surface area contributed by atoms with E-state index in [1.807, 2.05) is 6.07 Å². The lowest BCUT2D eigenvalue weighted by molar-refractivity contribution is -0.132. The molecule has 0 fully saturated rings. The Labute approximate surface area is 117 Å². The van der Waals surface area contributed by atoms with Gasteiger partial charge in [-0.25, -0.2) is 4.79 Å². The molecule has 0 aliphatic carbocycles. The third-order valence-corrected chi connectivity index (χ3v) is 2.70. The Balaban J connectivity index is 2.68. The molecule has 0 aliphatic rings. The summed E-state index contributed by atoms with van der Waals surface area (Å²) in [6.07, 6.45) is 0.243. The Bertz CT molecular complexity index is 549. The minimum Gasteiger partial charge on any atom is -0.483 e. The van der Waals surface area contributed by atoms with Crippen molar-refractivity contribution in [1.82, 2.24) is 4.90 Å². The van der Waals surface area contributed by atoms with E-state index in [1.165, 1.54) is 17.0 Å². The first-order valence-electron chi connectivity index (χ1n) is 6.03. The summed E-state index contributed by atoms with van der Waals surface area (Å²) in [7, 11) is 1.57. The monoisotopic (exact) mass is 276 g/mol. The molecule has 0 atom stereocenters. The number of hydrogen-bond donors (Lipinski definition) is 1. The van der Waals surface area contributed by atoms with Gasteiger partial charge in [-0.05, 0) is 19.1 Å². The van der Waals surface area contributed by atoms with Gasteiger partial charge in [0, 0.05) is 13.6 Å². The number of hydrogen-bond acceptors (Lipinski definition) is 4. The summed E-state index contributed by atoms with van der Waals surface area (Å²) < 4.78 is 5.26. The number of rotatable bonds is 6. The van der Waals surface area contributed by atoms with Gasteiger partial charge in [0.15, 0.2) is 6.61 Å². The second-order valence-corrected chi connectivity index (χ2v) is 4.32. The Morgan fingerprint density at radius 2 is 2.15 bits per heavy atom. The average Bonchev–Trinajstić information content (AvgIpc) is 2.42. The molecule has 0 spiro atoms. The number of benzene rings is 1. The number of aryl methyl sites for hydroxylation is 1. The number of nitrogens with zero attached hydrogens (tertiary/aromatic N) is 2. The van der Waals surface area contributed by atoms with E-state index >= 15 is 0 Å². The Kier molecular flexibility index (Phi) is 5.54. The highest BCUT2D eigenvalue weighted by atomic mass is 16.5. The number of carboxylic acids is 1. The number of nitriles is 1. The highest BCUT2D eigenvalue weighted by Crippen LogP contribution is 2.20. The standard InChI is InChI=1S/C14H16N2O4/c1-10-4-5-12(11(8-10)14(18)19)20-9-13(17)16(2)7-3-6-15/h4-5,8H,3,7,9H2,1-2H3,(H,18,19). The maximum atomic E-state index is 11.7. The Morgan fingerprint density at radius 3 is 2.75 bits per heavy atom. The molecule has 0 heterocycles. The van der Waals surface area contributed by atoms with Gasteiger partial charge in [0.25, 0.3) is 5.91 Å². The van der Waals surface area contributed by atoms with E-state index in [4.69, 9.17) is 15.1 Å². The summed E-state index contributed by atoms with van der Waals surface area (Å²) in [4.78, 5) is 24.2. The van der Waals surface area contributed by atoms with Crippen molar-refractivity contribution in [3.05, 3.63) is 29.3 Å². The number of aromatic carboxylic acids is 1. The minimum absolute atomic E-state index is 0.0254. The van der Waals surface area contributed by atoms with Gasteiger partial charge in [-0.3, -0.25) is 4.79 Å². The number of amides is 1. The molecule has 0 radical (unpaired) electrons. The fourth-order valence-electron chi connectivity index (χ4n) is 1.53. The molecule has 0 saturated carbocycles. The van der Waals surface area contributed by atoms with Crippen molar-refractivity contribution < 1.29 is 19.4 Å². The molecule has 1 amide bonds. The maximum Gasteiger partial charge on any atom is 0.339 e. The van der Waals surface area contributed by atoms with Crippen LogP contribution in [0.15, 0.2) is 18.2 Å². The van der Waals surface area contributed by atoms with Crippen molar-refractivity contribution in [3.63, 3.8) is 0 Å². The van der Waals surface area contributed by atoms with Crippen LogP contribution in [0.1, 0.15) is 22.3 Å². The van der Waals surface area contributed by atoms with Crippen LogP contribution in [0.2, 0.25) is 0 Å². The van der Waals surface area contributed by atoms with Gasteiger partial charge >= 0.3 is 5.97 Å². The van der Waals surface area contributed by atoms with E-state index < -0.39 is 5.97 Å². The molecule has 0 saturated heterocycles. The molecule has 106 valence electrons. The zero-order valence-electron chi connectivity index (χ0n) is 11.4. The highest BCUT2D eigenvalue weighted by molar-refractivity contribution is 5.91. The lowest BCUT2D eigenvalue weighted by Crippen LogP contribution is -2.32. The second-order valence-electron chi connectivity index (χ2n) is 4.32. The largest absolute Gasteiger partial charge is 0.483 e. The first kappa shape index (κ1) is 15.5. The van der Waals surface area contributed by atoms with Crippen LogP contribution < -0.4 is 4.74 Å². The van der Waals surface area contributed by atoms with Crippen molar-refractivity contribution in [2.24, 2.45) is 0 Å². The number of ether oxygens (including phenoxy) is 1. The van der Waals surface area contributed by atoms with E-state index in [0.29, 0.717) is 6.54 Å². The zero-order chi connectivity index (χ0) is 15.1. The van der Waals surface area contributed by atoms with Crippen LogP contribution in [0.3, 0.4) is 0 Å². The third-order valence-electron chi connectivity index (χ3n) is 2.70. The summed E-state index contributed by atoms with van der Waals surface area (Å²) in [5, 5.41) is 17.5. The van der Waals surface area contributed by atoms with Gasteiger partial charge in [-0.2, -0.15) is 5.26 Å². The number of likely N-dealkylation sites (N-methyl/N-ethyl adjacent to an activating group) is 1. The topological polar surface area (TPSA) is 90.6 Å². The van der Waals surface area contributed by atoms with Crippen LogP contribution in [-0.4, -0.2) is 42.1 Å². The van der Waals surface area contributed by atoms with Crippen LogP contribution in [0.5, 0.6) is 5.75 Å². The predicted octanol–water partition coefficient (Wildman–Crippen LogP) is 1.44. The fourth-order valence-corrected chi connectivity index (χ4v) is 1.53. The summed E-state index contributed by atoms with van der Waals surface area (Å²) >= 11 is 0. The van der Waals surface area contributed by atoms with Gasteiger partial charge in [-0.1, -0.05) is 11.6 Å². The molecule has 1 rings (SSSR count). The molecule has 0 aliphatic heterocycles. The van der Waals surface area contributed by atoms with Crippen molar-refractivity contribution in [3.8, 4) is 11.8 Å². The van der Waals surface area contributed by atoms with Gasteiger partial charge in [0.1, 0.15) is 11.3 Å². The lowest BCUT2D eigenvalue weighted by Gasteiger charge is -2.16. The number of carbonyl (C=O) groups excluding carboxylic acids is 1. The molecule has 1 N–H and O–H groups in total. The average molecular weight is 276 g/mol. The summed E-state index contributed by atoms with van der Waals surface area (Å²) in [5.74, 6) is -1.25. The van der Waals surface area contributed by atoms with Crippen LogP contribution >= 0.6 is 0 Å². The summed E-state index contributed by atoms with van der Waals surface area (Å²) in [6.45, 7) is 1.83. The third kappa shape index (κ3) is 4.28. The molecule has 1 aromatic carbocycles. The quantitative estimate of drug-likeness (QED) is 0.849. The molecule has 6 nitrogen and oxygen atoms in total. The van der Waals surface area contributed by atoms with Gasteiger partial charge < -0.3 is 14.7 Å². The maximum absolute atomic E-state index is 11.7. The first-order chi connectivity index (χ1) is 9.45. The van der Waals surface area contributed by atoms with Crippen LogP contribution in [0.4, 0.5) is 0 Å². The van der Waals surface area contributed by atoms with Crippen LogP contribution in [-0.2, 0) is 4.79 Å². The van der Waals surface area contributed by atoms with E-state index in [9.17, 15) is 9.59 Å². The van der Waals surface area contributed by atoms with Crippen LogP contribution in [0, 0.1) is 18.3 Å². The second kappa shape index (κ2) is 7.14. The molecule has 1 aromatic rings. The first-order valence-corrected chi connectivity index (χ1v) is 6.03. The fraction of sp³-hybridized carbons (Fsp3) is 0.357. The number of carboxylic acid groups (broad SMARTS) is 1. The van der Waals surface area contributed by atoms with Gasteiger partial charge in [-0.15, -0.1) is 0 Å². The number of carbonyl (C=O) groups is 2. The lowest BCUT2D eigenvalue weighted by atomic mass is 10.1. The van der Waals surface area contributed by atoms with E-state index in [-0.39, 0.29) is 30.2 Å². The van der Waals surface area contributed by atoms with E-state index in [1.54, 1.807) is 20.0 Å². The molecular weight excluding hydrogens is 260 g/mol. The molecule has 6 heteroatoms. The Hall–Kier alpha value is -2.55. The van der Waals surface area contributed by atoms with Gasteiger partial charge in [0.2, 0.25) is 0 Å². The van der Waals surface area contributed by atoms with Crippen molar-refractivity contribution in [2.45, 2.75) is 13.3 Å². The van der Waals surface area contributed by atoms with Crippen molar-refractivity contribution in [2.75, 3.05) is 20.2 Å². The predicted molar refractivity (Wildman–Crippen MR) is 71.5 cm³/mol. The van der Waals surface area contributed by atoms with Gasteiger partial charge in [0.05, 0.1) is 12.5 Å². The molecule has 0 bridgehead atoms. The van der Waals surface area contributed by atoms with E-state index in [0.717, 1.165) is 5.56 Å².